The van der Waals surface area contributed by atoms with E-state index in [1.165, 1.54) is 18.2 Å². The van der Waals surface area contributed by atoms with Crippen LogP contribution in [0.5, 0.6) is 11.5 Å². The smallest absolute Gasteiger partial charge is 0.171 e. The van der Waals surface area contributed by atoms with Gasteiger partial charge in [0, 0.05) is 25.8 Å². The van der Waals surface area contributed by atoms with E-state index in [4.69, 9.17) is 9.47 Å². The lowest BCUT2D eigenvalue weighted by atomic mass is 10.1. The number of rotatable bonds is 6. The molecule has 0 aliphatic rings. The Hall–Kier alpha value is -1.30. The van der Waals surface area contributed by atoms with Crippen molar-refractivity contribution in [2.75, 3.05) is 14.2 Å². The fraction of sp³-hybridized carbons (Fsp3) is 0.538. The zero-order valence-electron chi connectivity index (χ0n) is 11.2. The van der Waals surface area contributed by atoms with Gasteiger partial charge in [0.1, 0.15) is 11.5 Å². The lowest BCUT2D eigenvalue weighted by Gasteiger charge is -2.26. The Kier molecular flexibility index (Phi) is 5.40. The number of phenolic OH excluding ortho intramolecular Hbond substituents is 2. The zero-order valence-corrected chi connectivity index (χ0v) is 11.2. The van der Waals surface area contributed by atoms with E-state index in [9.17, 15) is 10.2 Å². The van der Waals surface area contributed by atoms with Gasteiger partial charge in [0.25, 0.3) is 0 Å². The van der Waals surface area contributed by atoms with Crippen molar-refractivity contribution >= 4 is 0 Å². The summed E-state index contributed by atoms with van der Waals surface area (Å²) in [5.41, 5.74) is 0.632. The highest BCUT2D eigenvalue weighted by molar-refractivity contribution is 5.40. The fourth-order valence-corrected chi connectivity index (χ4v) is 1.96. The summed E-state index contributed by atoms with van der Waals surface area (Å²) in [5, 5.41) is 22.4. The average molecular weight is 255 g/mol. The highest BCUT2D eigenvalue weighted by Gasteiger charge is 2.20. The Morgan fingerprint density at radius 2 is 1.72 bits per heavy atom. The molecule has 5 nitrogen and oxygen atoms in total. The van der Waals surface area contributed by atoms with Crippen LogP contribution in [0.3, 0.4) is 0 Å². The molecular weight excluding hydrogens is 234 g/mol. The Bertz CT molecular complexity index is 379. The van der Waals surface area contributed by atoms with Gasteiger partial charge in [0.05, 0.1) is 6.04 Å². The van der Waals surface area contributed by atoms with Gasteiger partial charge in [-0.05, 0) is 32.0 Å². The number of aromatic hydroxyl groups is 2. The number of nitrogens with one attached hydrogen (secondary N) is 1. The Balaban J connectivity index is 2.75. The predicted octanol–water partition coefficient (Wildman–Crippen LogP) is 1.76. The minimum Gasteiger partial charge on any atom is -0.508 e. The van der Waals surface area contributed by atoms with Crippen LogP contribution in [0.15, 0.2) is 18.2 Å². The Morgan fingerprint density at radius 1 is 1.11 bits per heavy atom. The molecule has 102 valence electrons. The summed E-state index contributed by atoms with van der Waals surface area (Å²) in [6.45, 7) is 3.82. The number of hydrogen-bond acceptors (Lipinski definition) is 5. The molecule has 3 N–H and O–H groups in total. The van der Waals surface area contributed by atoms with Gasteiger partial charge in [-0.15, -0.1) is 0 Å². The molecular formula is C13H21NO4. The van der Waals surface area contributed by atoms with Gasteiger partial charge in [-0.25, -0.2) is 0 Å². The van der Waals surface area contributed by atoms with Gasteiger partial charge < -0.3 is 25.0 Å². The van der Waals surface area contributed by atoms with Gasteiger partial charge in [-0.2, -0.15) is 0 Å². The van der Waals surface area contributed by atoms with Crippen molar-refractivity contribution in [1.82, 2.24) is 5.32 Å². The van der Waals surface area contributed by atoms with E-state index in [0.29, 0.717) is 5.56 Å². The first-order chi connectivity index (χ1) is 8.49. The first-order valence-electron chi connectivity index (χ1n) is 5.83. The highest BCUT2D eigenvalue weighted by atomic mass is 16.7. The second-order valence-corrected chi connectivity index (χ2v) is 4.26. The van der Waals surface area contributed by atoms with E-state index in [1.54, 1.807) is 14.2 Å². The van der Waals surface area contributed by atoms with Crippen LogP contribution in [0.4, 0.5) is 0 Å². The minimum atomic E-state index is -0.369. The summed E-state index contributed by atoms with van der Waals surface area (Å²) < 4.78 is 10.3. The molecule has 1 aromatic carbocycles. The van der Waals surface area contributed by atoms with E-state index in [1.807, 2.05) is 13.8 Å². The Labute approximate surface area is 107 Å². The van der Waals surface area contributed by atoms with Crippen LogP contribution in [-0.4, -0.2) is 36.8 Å². The molecule has 0 aliphatic carbocycles. The summed E-state index contributed by atoms with van der Waals surface area (Å²) in [7, 11) is 3.14. The number of ether oxygens (including phenoxy) is 2. The molecule has 2 atom stereocenters. The minimum absolute atomic E-state index is 0.0586. The first kappa shape index (κ1) is 14.8. The van der Waals surface area contributed by atoms with Crippen LogP contribution in [0.1, 0.15) is 25.5 Å². The van der Waals surface area contributed by atoms with Gasteiger partial charge in [-0.1, -0.05) is 0 Å². The Morgan fingerprint density at radius 3 is 2.28 bits per heavy atom. The predicted molar refractivity (Wildman–Crippen MR) is 68.6 cm³/mol. The molecule has 0 aromatic heterocycles. The third-order valence-corrected chi connectivity index (χ3v) is 2.86. The SMILES string of the molecule is COC(OC)C(C)NC(C)c1cc(O)ccc1O. The van der Waals surface area contributed by atoms with Crippen molar-refractivity contribution in [3.05, 3.63) is 23.8 Å². The van der Waals surface area contributed by atoms with E-state index < -0.39 is 0 Å². The molecule has 0 amide bonds. The maximum absolute atomic E-state index is 9.76. The van der Waals surface area contributed by atoms with Gasteiger partial charge in [0.15, 0.2) is 6.29 Å². The van der Waals surface area contributed by atoms with Gasteiger partial charge >= 0.3 is 0 Å². The quantitative estimate of drug-likeness (QED) is 0.533. The molecule has 0 heterocycles. The third kappa shape index (κ3) is 3.60. The monoisotopic (exact) mass is 255 g/mol. The molecule has 2 unspecified atom stereocenters. The molecule has 1 aromatic rings. The standard InChI is InChI=1S/C13H21NO4/c1-8(14-9(2)13(17-3)18-4)11-7-10(15)5-6-12(11)16/h5-9,13-16H,1-4H3. The molecule has 1 rings (SSSR count). The van der Waals surface area contributed by atoms with Gasteiger partial charge in [-0.3, -0.25) is 0 Å². The molecule has 0 radical (unpaired) electrons. The summed E-state index contributed by atoms with van der Waals surface area (Å²) in [4.78, 5) is 0. The molecule has 0 saturated carbocycles. The van der Waals surface area contributed by atoms with E-state index in [0.717, 1.165) is 0 Å². The van der Waals surface area contributed by atoms with Crippen molar-refractivity contribution in [3.8, 4) is 11.5 Å². The number of hydrogen-bond donors (Lipinski definition) is 3. The van der Waals surface area contributed by atoms with Crippen molar-refractivity contribution in [3.63, 3.8) is 0 Å². The van der Waals surface area contributed by atoms with Gasteiger partial charge in [0.2, 0.25) is 0 Å². The lowest BCUT2D eigenvalue weighted by molar-refractivity contribution is -0.120. The van der Waals surface area contributed by atoms with Crippen LogP contribution >= 0.6 is 0 Å². The van der Waals surface area contributed by atoms with Crippen LogP contribution in [0.2, 0.25) is 0 Å². The van der Waals surface area contributed by atoms with Crippen molar-refractivity contribution in [2.45, 2.75) is 32.2 Å². The van der Waals surface area contributed by atoms with E-state index >= 15 is 0 Å². The van der Waals surface area contributed by atoms with E-state index in [-0.39, 0.29) is 29.9 Å². The summed E-state index contributed by atoms with van der Waals surface area (Å²) in [5.74, 6) is 0.269. The molecule has 0 spiro atoms. The summed E-state index contributed by atoms with van der Waals surface area (Å²) >= 11 is 0. The first-order valence-corrected chi connectivity index (χ1v) is 5.83. The van der Waals surface area contributed by atoms with Crippen molar-refractivity contribution in [2.24, 2.45) is 0 Å². The number of methoxy groups -OCH3 is 2. The topological polar surface area (TPSA) is 71.0 Å². The van der Waals surface area contributed by atoms with Crippen molar-refractivity contribution in [1.29, 1.82) is 0 Å². The molecule has 5 heteroatoms. The van der Waals surface area contributed by atoms with Crippen molar-refractivity contribution < 1.29 is 19.7 Å². The molecule has 0 bridgehead atoms. The maximum atomic E-state index is 9.76. The van der Waals surface area contributed by atoms with Crippen LogP contribution < -0.4 is 5.32 Å². The maximum Gasteiger partial charge on any atom is 0.171 e. The average Bonchev–Trinajstić information content (AvgIpc) is 2.33. The molecule has 0 saturated heterocycles. The summed E-state index contributed by atoms with van der Waals surface area (Å²) in [6.07, 6.45) is -0.369. The van der Waals surface area contributed by atoms with Crippen LogP contribution in [0.25, 0.3) is 0 Å². The summed E-state index contributed by atoms with van der Waals surface area (Å²) in [6, 6.07) is 4.25. The molecule has 0 fully saturated rings. The van der Waals surface area contributed by atoms with Crippen LogP contribution in [0, 0.1) is 0 Å². The number of benzene rings is 1. The lowest BCUT2D eigenvalue weighted by Crippen LogP contribution is -2.40. The second-order valence-electron chi connectivity index (χ2n) is 4.26. The number of phenols is 2. The largest absolute Gasteiger partial charge is 0.508 e. The highest BCUT2D eigenvalue weighted by Crippen LogP contribution is 2.28. The van der Waals surface area contributed by atoms with Crippen LogP contribution in [-0.2, 0) is 9.47 Å². The second kappa shape index (κ2) is 6.58. The third-order valence-electron chi connectivity index (χ3n) is 2.86. The fourth-order valence-electron chi connectivity index (χ4n) is 1.96. The van der Waals surface area contributed by atoms with E-state index in [2.05, 4.69) is 5.32 Å². The normalized spacial score (nSPS) is 14.7. The molecule has 18 heavy (non-hydrogen) atoms. The molecule has 0 aliphatic heterocycles. The zero-order chi connectivity index (χ0) is 13.7.